The van der Waals surface area contributed by atoms with Gasteiger partial charge in [0.15, 0.2) is 0 Å². The lowest BCUT2D eigenvalue weighted by Gasteiger charge is -2.36. The quantitative estimate of drug-likeness (QED) is 0.647. The molecule has 2 atom stereocenters. The lowest BCUT2D eigenvalue weighted by atomic mass is 9.92. The highest BCUT2D eigenvalue weighted by molar-refractivity contribution is 5.49. The normalized spacial score (nSPS) is 23.8. The fraction of sp³-hybridized carbons (Fsp3) is 0.714. The van der Waals surface area contributed by atoms with E-state index in [2.05, 4.69) is 43.0 Å². The van der Waals surface area contributed by atoms with Crippen LogP contribution in [-0.4, -0.2) is 23.1 Å². The van der Waals surface area contributed by atoms with Crippen molar-refractivity contribution in [2.45, 2.75) is 40.0 Å². The number of nitrogen functional groups attached to an aromatic ring is 1. The Balaban J connectivity index is 2.30. The van der Waals surface area contributed by atoms with E-state index in [1.54, 1.807) is 0 Å². The summed E-state index contributed by atoms with van der Waals surface area (Å²) in [5.74, 6) is 9.75. The molecule has 1 aromatic rings. The molecule has 0 amide bonds. The van der Waals surface area contributed by atoms with Gasteiger partial charge < -0.3 is 10.3 Å². The van der Waals surface area contributed by atoms with Gasteiger partial charge in [-0.25, -0.2) is 15.8 Å². The van der Waals surface area contributed by atoms with Crippen molar-refractivity contribution in [2.24, 2.45) is 17.7 Å². The van der Waals surface area contributed by atoms with Gasteiger partial charge >= 0.3 is 0 Å². The first-order valence-electron chi connectivity index (χ1n) is 7.10. The Hall–Kier alpha value is -1.36. The van der Waals surface area contributed by atoms with E-state index in [1.807, 2.05) is 6.07 Å². The summed E-state index contributed by atoms with van der Waals surface area (Å²) < 4.78 is 0. The summed E-state index contributed by atoms with van der Waals surface area (Å²) in [5.41, 5.74) is 2.65. The third kappa shape index (κ3) is 3.35. The molecule has 5 heteroatoms. The molecule has 1 aliphatic rings. The highest BCUT2D eigenvalue weighted by atomic mass is 15.3. The summed E-state index contributed by atoms with van der Waals surface area (Å²) in [6, 6.07) is 1.94. The number of nitrogens with two attached hydrogens (primary N) is 1. The van der Waals surface area contributed by atoms with Crippen LogP contribution in [0.1, 0.15) is 45.9 Å². The van der Waals surface area contributed by atoms with Crippen molar-refractivity contribution in [1.82, 2.24) is 9.97 Å². The first-order valence-corrected chi connectivity index (χ1v) is 7.10. The Kier molecular flexibility index (Phi) is 4.24. The van der Waals surface area contributed by atoms with Crippen LogP contribution in [0.15, 0.2) is 6.07 Å². The van der Waals surface area contributed by atoms with Crippen molar-refractivity contribution in [3.05, 3.63) is 11.9 Å². The van der Waals surface area contributed by atoms with Gasteiger partial charge in [0.25, 0.3) is 0 Å². The number of piperidine rings is 1. The van der Waals surface area contributed by atoms with Gasteiger partial charge in [-0.2, -0.15) is 0 Å². The van der Waals surface area contributed by atoms with E-state index in [0.717, 1.165) is 24.7 Å². The number of hydrazine groups is 1. The van der Waals surface area contributed by atoms with Crippen LogP contribution in [0, 0.1) is 11.8 Å². The maximum atomic E-state index is 5.51. The molecule has 5 nitrogen and oxygen atoms in total. The van der Waals surface area contributed by atoms with Gasteiger partial charge in [-0.1, -0.05) is 27.7 Å². The molecule has 1 fully saturated rings. The van der Waals surface area contributed by atoms with E-state index >= 15 is 0 Å². The number of nitrogens with zero attached hydrogens (tertiary/aromatic N) is 3. The Morgan fingerprint density at radius 1 is 1.26 bits per heavy atom. The van der Waals surface area contributed by atoms with Crippen molar-refractivity contribution < 1.29 is 0 Å². The summed E-state index contributed by atoms with van der Waals surface area (Å²) >= 11 is 0. The Morgan fingerprint density at radius 2 is 1.89 bits per heavy atom. The van der Waals surface area contributed by atoms with Gasteiger partial charge in [0.1, 0.15) is 17.5 Å². The third-order valence-electron chi connectivity index (χ3n) is 3.59. The molecule has 0 aromatic carbocycles. The molecule has 0 spiro atoms. The Morgan fingerprint density at radius 3 is 2.42 bits per heavy atom. The molecule has 0 radical (unpaired) electrons. The van der Waals surface area contributed by atoms with Crippen molar-refractivity contribution in [2.75, 3.05) is 23.4 Å². The zero-order valence-corrected chi connectivity index (χ0v) is 12.3. The summed E-state index contributed by atoms with van der Waals surface area (Å²) in [4.78, 5) is 11.5. The van der Waals surface area contributed by atoms with Gasteiger partial charge in [0.2, 0.25) is 0 Å². The number of anilines is 2. The number of aromatic nitrogens is 2. The first-order chi connectivity index (χ1) is 8.99. The molecule has 0 aliphatic carbocycles. The minimum Gasteiger partial charge on any atom is -0.356 e. The topological polar surface area (TPSA) is 67.1 Å². The van der Waals surface area contributed by atoms with Gasteiger partial charge in [0, 0.05) is 25.1 Å². The predicted molar refractivity (Wildman–Crippen MR) is 79.1 cm³/mol. The minimum atomic E-state index is 0.298. The van der Waals surface area contributed by atoms with Crippen LogP contribution in [0.5, 0.6) is 0 Å². The molecule has 1 aromatic heterocycles. The molecule has 1 aliphatic heterocycles. The zero-order chi connectivity index (χ0) is 14.0. The van der Waals surface area contributed by atoms with Crippen molar-refractivity contribution in [1.29, 1.82) is 0 Å². The van der Waals surface area contributed by atoms with Gasteiger partial charge in [-0.15, -0.1) is 0 Å². The maximum Gasteiger partial charge on any atom is 0.145 e. The van der Waals surface area contributed by atoms with Gasteiger partial charge in [0.05, 0.1) is 0 Å². The van der Waals surface area contributed by atoms with Gasteiger partial charge in [-0.3, -0.25) is 0 Å². The maximum absolute atomic E-state index is 5.51. The fourth-order valence-electron chi connectivity index (χ4n) is 2.80. The van der Waals surface area contributed by atoms with E-state index in [-0.39, 0.29) is 0 Å². The predicted octanol–water partition coefficient (Wildman–Crippen LogP) is 2.37. The number of hydrogen-bond acceptors (Lipinski definition) is 5. The standard InChI is InChI=1S/C14H25N5/c1-9(2)14-16-12(18-15)6-13(17-14)19-7-10(3)5-11(4)8-19/h6,9-11H,5,7-8,15H2,1-4H3,(H,16,17,18). The minimum absolute atomic E-state index is 0.298. The Bertz CT molecular complexity index is 422. The molecular weight excluding hydrogens is 238 g/mol. The van der Waals surface area contributed by atoms with Crippen LogP contribution in [0.25, 0.3) is 0 Å². The molecule has 2 rings (SSSR count). The van der Waals surface area contributed by atoms with E-state index in [9.17, 15) is 0 Å². The second-order valence-corrected chi connectivity index (χ2v) is 6.12. The molecular formula is C14H25N5. The summed E-state index contributed by atoms with van der Waals surface area (Å²) in [6.45, 7) is 10.9. The van der Waals surface area contributed by atoms with E-state index in [0.29, 0.717) is 23.6 Å². The molecule has 2 heterocycles. The average molecular weight is 263 g/mol. The highest BCUT2D eigenvalue weighted by Gasteiger charge is 2.23. The zero-order valence-electron chi connectivity index (χ0n) is 12.3. The molecule has 0 bridgehead atoms. The summed E-state index contributed by atoms with van der Waals surface area (Å²) in [7, 11) is 0. The van der Waals surface area contributed by atoms with Crippen LogP contribution < -0.4 is 16.2 Å². The van der Waals surface area contributed by atoms with E-state index < -0.39 is 0 Å². The third-order valence-corrected chi connectivity index (χ3v) is 3.59. The fourth-order valence-corrected chi connectivity index (χ4v) is 2.80. The van der Waals surface area contributed by atoms with Crippen LogP contribution >= 0.6 is 0 Å². The second kappa shape index (κ2) is 5.74. The van der Waals surface area contributed by atoms with Crippen molar-refractivity contribution >= 4 is 11.6 Å². The van der Waals surface area contributed by atoms with E-state index in [4.69, 9.17) is 10.8 Å². The van der Waals surface area contributed by atoms with Crippen molar-refractivity contribution in [3.63, 3.8) is 0 Å². The lowest BCUT2D eigenvalue weighted by Crippen LogP contribution is -2.39. The summed E-state index contributed by atoms with van der Waals surface area (Å²) in [6.07, 6.45) is 1.29. The average Bonchev–Trinajstić information content (AvgIpc) is 2.37. The van der Waals surface area contributed by atoms with Crippen LogP contribution in [-0.2, 0) is 0 Å². The number of hydrogen-bond donors (Lipinski definition) is 2. The second-order valence-electron chi connectivity index (χ2n) is 6.12. The van der Waals surface area contributed by atoms with Crippen LogP contribution in [0.2, 0.25) is 0 Å². The summed E-state index contributed by atoms with van der Waals surface area (Å²) in [5, 5.41) is 0. The molecule has 0 saturated carbocycles. The smallest absolute Gasteiger partial charge is 0.145 e. The number of nitrogens with one attached hydrogen (secondary N) is 1. The highest BCUT2D eigenvalue weighted by Crippen LogP contribution is 2.27. The molecule has 3 N–H and O–H groups in total. The van der Waals surface area contributed by atoms with Crippen LogP contribution in [0.4, 0.5) is 11.6 Å². The number of rotatable bonds is 3. The van der Waals surface area contributed by atoms with Crippen LogP contribution in [0.3, 0.4) is 0 Å². The monoisotopic (exact) mass is 263 g/mol. The lowest BCUT2D eigenvalue weighted by molar-refractivity contribution is 0.355. The van der Waals surface area contributed by atoms with E-state index in [1.165, 1.54) is 6.42 Å². The molecule has 19 heavy (non-hydrogen) atoms. The SMILES string of the molecule is CC1CC(C)CN(c2cc(NN)nc(C(C)C)n2)C1. The molecule has 1 saturated heterocycles. The largest absolute Gasteiger partial charge is 0.356 e. The first kappa shape index (κ1) is 14.1. The van der Waals surface area contributed by atoms with Gasteiger partial charge in [-0.05, 0) is 18.3 Å². The molecule has 106 valence electrons. The van der Waals surface area contributed by atoms with Crippen molar-refractivity contribution in [3.8, 4) is 0 Å². The molecule has 2 unspecified atom stereocenters. The Labute approximate surface area is 115 Å².